The maximum absolute atomic E-state index is 13.3. The molecule has 1 fully saturated rings. The van der Waals surface area contributed by atoms with Crippen molar-refractivity contribution < 1.29 is 9.50 Å². The lowest BCUT2D eigenvalue weighted by Crippen LogP contribution is -2.45. The van der Waals surface area contributed by atoms with E-state index in [1.165, 1.54) is 6.92 Å². The van der Waals surface area contributed by atoms with E-state index in [0.717, 1.165) is 0 Å². The van der Waals surface area contributed by atoms with Crippen LogP contribution in [-0.4, -0.2) is 24.9 Å². The fourth-order valence-electron chi connectivity index (χ4n) is 1.25. The Morgan fingerprint density at radius 2 is 2.00 bits per heavy atom. The van der Waals surface area contributed by atoms with E-state index in [-0.39, 0.29) is 0 Å². The summed E-state index contributed by atoms with van der Waals surface area (Å²) >= 11 is 0. The first-order valence-electron chi connectivity index (χ1n) is 3.70. The van der Waals surface area contributed by atoms with Crippen LogP contribution in [0.1, 0.15) is 19.8 Å². The van der Waals surface area contributed by atoms with Crippen LogP contribution in [0, 0.1) is 0 Å². The van der Waals surface area contributed by atoms with Crippen LogP contribution in [0.2, 0.25) is 0 Å². The normalized spacial score (nSPS) is 27.9. The lowest BCUT2D eigenvalue weighted by Gasteiger charge is -2.31. The van der Waals surface area contributed by atoms with E-state index in [1.807, 2.05) is 0 Å². The van der Waals surface area contributed by atoms with Gasteiger partial charge < -0.3 is 5.32 Å². The topological polar surface area (TPSA) is 31.9 Å². The smallest absolute Gasteiger partial charge is 0.142 e. The molecule has 0 aromatic heterocycles. The Kier molecular flexibility index (Phi) is 2.26. The van der Waals surface area contributed by atoms with Gasteiger partial charge in [-0.2, -0.15) is 0 Å². The summed E-state index contributed by atoms with van der Waals surface area (Å²) in [4.78, 5) is 0. The monoisotopic (exact) mass is 146 g/mol. The number of alkyl halides is 1. The molecule has 0 aliphatic carbocycles. The van der Waals surface area contributed by atoms with Crippen molar-refractivity contribution in [1.82, 2.24) is 5.32 Å². The minimum Gasteiger partial charge on any atom is -0.316 e. The van der Waals surface area contributed by atoms with Gasteiger partial charge in [-0.05, 0) is 32.9 Å². The molecule has 0 spiro atoms. The standard InChI is InChI=1S/C7H13FNO/c1-6(10)7(8)2-4-9-5-3-7/h6,9H,2-5H2,1H3. The van der Waals surface area contributed by atoms with Crippen LogP contribution in [0.3, 0.4) is 0 Å². The molecule has 1 unspecified atom stereocenters. The van der Waals surface area contributed by atoms with Crippen LogP contribution in [0.25, 0.3) is 0 Å². The predicted octanol–water partition coefficient (Wildman–Crippen LogP) is 0.897. The van der Waals surface area contributed by atoms with Gasteiger partial charge in [-0.15, -0.1) is 0 Å². The molecule has 59 valence electrons. The van der Waals surface area contributed by atoms with Gasteiger partial charge in [-0.3, -0.25) is 0 Å². The van der Waals surface area contributed by atoms with E-state index < -0.39 is 11.8 Å². The molecule has 0 saturated carbocycles. The summed E-state index contributed by atoms with van der Waals surface area (Å²) in [6.45, 7) is 2.69. The summed E-state index contributed by atoms with van der Waals surface area (Å²) in [5.41, 5.74) is -1.44. The maximum Gasteiger partial charge on any atom is 0.142 e. The third kappa shape index (κ3) is 1.47. The van der Waals surface area contributed by atoms with Gasteiger partial charge in [0.25, 0.3) is 0 Å². The van der Waals surface area contributed by atoms with Crippen LogP contribution >= 0.6 is 0 Å². The Bertz CT molecular complexity index is 110. The molecule has 0 aromatic rings. The fourth-order valence-corrected chi connectivity index (χ4v) is 1.25. The third-order valence-corrected chi connectivity index (χ3v) is 2.16. The highest BCUT2D eigenvalue weighted by Crippen LogP contribution is 2.26. The summed E-state index contributed by atoms with van der Waals surface area (Å²) in [7, 11) is 0. The molecule has 1 radical (unpaired) electrons. The Morgan fingerprint density at radius 1 is 1.50 bits per heavy atom. The average Bonchev–Trinajstić information content (AvgIpc) is 1.89. The number of nitrogens with one attached hydrogen (secondary N) is 1. The summed E-state index contributed by atoms with van der Waals surface area (Å²) in [5, 5.41) is 13.8. The third-order valence-electron chi connectivity index (χ3n) is 2.16. The zero-order valence-corrected chi connectivity index (χ0v) is 6.19. The molecular weight excluding hydrogens is 133 g/mol. The number of hydrogen-bond donors (Lipinski definition) is 1. The zero-order chi connectivity index (χ0) is 7.61. The van der Waals surface area contributed by atoms with Gasteiger partial charge in [0, 0.05) is 0 Å². The molecular formula is C7H13FNO. The van der Waals surface area contributed by atoms with Gasteiger partial charge in [-0.1, -0.05) is 0 Å². The van der Waals surface area contributed by atoms with Crippen LogP contribution in [0.15, 0.2) is 0 Å². The lowest BCUT2D eigenvalue weighted by atomic mass is 9.90. The van der Waals surface area contributed by atoms with Gasteiger partial charge in [0.05, 0.1) is 0 Å². The SMILES string of the molecule is CC([O])C1(F)CCNCC1. The molecule has 1 aliphatic rings. The second kappa shape index (κ2) is 2.84. The second-order valence-electron chi connectivity index (χ2n) is 2.93. The predicted molar refractivity (Wildman–Crippen MR) is 36.1 cm³/mol. The van der Waals surface area contributed by atoms with E-state index in [4.69, 9.17) is 0 Å². The van der Waals surface area contributed by atoms with Crippen molar-refractivity contribution in [3.05, 3.63) is 0 Å². The quantitative estimate of drug-likeness (QED) is 0.585. The first-order valence-corrected chi connectivity index (χ1v) is 3.70. The molecule has 0 bridgehead atoms. The summed E-state index contributed by atoms with van der Waals surface area (Å²) in [6.07, 6.45) is -0.329. The van der Waals surface area contributed by atoms with Crippen LogP contribution in [-0.2, 0) is 5.11 Å². The number of hydrogen-bond acceptors (Lipinski definition) is 1. The number of rotatable bonds is 1. The Morgan fingerprint density at radius 3 is 2.30 bits per heavy atom. The minimum absolute atomic E-state index is 0.373. The van der Waals surface area contributed by atoms with Crippen molar-refractivity contribution in [3.8, 4) is 0 Å². The van der Waals surface area contributed by atoms with Crippen LogP contribution in [0.4, 0.5) is 4.39 Å². The highest BCUT2D eigenvalue weighted by atomic mass is 19.1. The van der Waals surface area contributed by atoms with Crippen molar-refractivity contribution >= 4 is 0 Å². The highest BCUT2D eigenvalue weighted by molar-refractivity contribution is 4.88. The van der Waals surface area contributed by atoms with Crippen molar-refractivity contribution in [3.63, 3.8) is 0 Å². The van der Waals surface area contributed by atoms with Crippen LogP contribution in [0.5, 0.6) is 0 Å². The Hall–Kier alpha value is -0.150. The van der Waals surface area contributed by atoms with Crippen molar-refractivity contribution in [1.29, 1.82) is 0 Å². The summed E-state index contributed by atoms with van der Waals surface area (Å²) in [6, 6.07) is 0. The van der Waals surface area contributed by atoms with Gasteiger partial charge >= 0.3 is 0 Å². The molecule has 3 heteroatoms. The van der Waals surface area contributed by atoms with Gasteiger partial charge in [0.2, 0.25) is 0 Å². The maximum atomic E-state index is 13.3. The Labute approximate surface area is 60.4 Å². The first kappa shape index (κ1) is 7.95. The zero-order valence-electron chi connectivity index (χ0n) is 6.19. The van der Waals surface area contributed by atoms with E-state index >= 15 is 0 Å². The van der Waals surface area contributed by atoms with E-state index in [2.05, 4.69) is 5.32 Å². The van der Waals surface area contributed by atoms with Gasteiger partial charge in [-0.25, -0.2) is 9.50 Å². The lowest BCUT2D eigenvalue weighted by molar-refractivity contribution is -0.0566. The minimum atomic E-state index is -1.44. The van der Waals surface area contributed by atoms with Gasteiger partial charge in [0.1, 0.15) is 11.8 Å². The Balaban J connectivity index is 2.48. The summed E-state index contributed by atoms with van der Waals surface area (Å²) in [5.74, 6) is 0. The van der Waals surface area contributed by atoms with Crippen LogP contribution < -0.4 is 5.32 Å². The van der Waals surface area contributed by atoms with E-state index in [9.17, 15) is 9.50 Å². The van der Waals surface area contributed by atoms with Crippen molar-refractivity contribution in [2.24, 2.45) is 0 Å². The van der Waals surface area contributed by atoms with Crippen molar-refractivity contribution in [2.75, 3.05) is 13.1 Å². The molecule has 1 saturated heterocycles. The molecule has 1 atom stereocenters. The van der Waals surface area contributed by atoms with E-state index in [1.54, 1.807) is 0 Å². The van der Waals surface area contributed by atoms with E-state index in [0.29, 0.717) is 25.9 Å². The number of halogens is 1. The molecule has 10 heavy (non-hydrogen) atoms. The molecule has 0 aromatic carbocycles. The molecule has 1 aliphatic heterocycles. The second-order valence-corrected chi connectivity index (χ2v) is 2.93. The van der Waals surface area contributed by atoms with Gasteiger partial charge in [0.15, 0.2) is 0 Å². The van der Waals surface area contributed by atoms with Crippen molar-refractivity contribution in [2.45, 2.75) is 31.5 Å². The molecule has 1 N–H and O–H groups in total. The highest BCUT2D eigenvalue weighted by Gasteiger charge is 2.37. The first-order chi connectivity index (χ1) is 4.65. The summed E-state index contributed by atoms with van der Waals surface area (Å²) < 4.78 is 13.3. The average molecular weight is 146 g/mol. The molecule has 1 heterocycles. The largest absolute Gasteiger partial charge is 0.316 e. The number of piperidine rings is 1. The fraction of sp³-hybridized carbons (Fsp3) is 1.00. The molecule has 1 rings (SSSR count). The molecule has 2 nitrogen and oxygen atoms in total. The molecule has 0 amide bonds.